The summed E-state index contributed by atoms with van der Waals surface area (Å²) in [7, 11) is 2.06. The number of hydrogen-bond donors (Lipinski definition) is 0. The Labute approximate surface area is 181 Å². The van der Waals surface area contributed by atoms with Crippen LogP contribution >= 0.6 is 0 Å². The maximum atomic E-state index is 6.17. The molecule has 2 atom stereocenters. The van der Waals surface area contributed by atoms with Crippen molar-refractivity contribution in [2.24, 2.45) is 24.8 Å². The molecule has 0 radical (unpaired) electrons. The molecule has 1 saturated carbocycles. The molecule has 2 aromatic rings. The Hall–Kier alpha value is -2.19. The monoisotopic (exact) mass is 407 g/mol. The molecule has 0 bridgehead atoms. The number of para-hydroxylation sites is 1. The van der Waals surface area contributed by atoms with E-state index in [9.17, 15) is 0 Å². The SMILES string of the molecule is C=C=C(OC(C)(C)C)C1CCCC(C2CN(c3cccc4c(C)nn(C)c34)C2)CC1. The highest BCUT2D eigenvalue weighted by Crippen LogP contribution is 2.41. The molecule has 4 rings (SSSR count). The Morgan fingerprint density at radius 2 is 1.90 bits per heavy atom. The largest absolute Gasteiger partial charge is 0.484 e. The minimum Gasteiger partial charge on any atom is -0.484 e. The lowest BCUT2D eigenvalue weighted by Gasteiger charge is -2.45. The molecule has 162 valence electrons. The second kappa shape index (κ2) is 8.15. The first-order chi connectivity index (χ1) is 14.3. The number of nitrogens with zero attached hydrogens (tertiary/aromatic N) is 3. The molecule has 1 aliphatic heterocycles. The van der Waals surface area contributed by atoms with Crippen LogP contribution in [0.2, 0.25) is 0 Å². The summed E-state index contributed by atoms with van der Waals surface area (Å²) in [5.41, 5.74) is 6.66. The van der Waals surface area contributed by atoms with Crippen molar-refractivity contribution in [3.8, 4) is 0 Å². The van der Waals surface area contributed by atoms with Crippen LogP contribution in [0.15, 0.2) is 36.3 Å². The predicted molar refractivity (Wildman–Crippen MR) is 125 cm³/mol. The highest BCUT2D eigenvalue weighted by Gasteiger charge is 2.36. The summed E-state index contributed by atoms with van der Waals surface area (Å²) >= 11 is 0. The van der Waals surface area contributed by atoms with Gasteiger partial charge in [0.2, 0.25) is 0 Å². The molecule has 2 fully saturated rings. The average molecular weight is 408 g/mol. The minimum atomic E-state index is -0.175. The predicted octanol–water partition coefficient (Wildman–Crippen LogP) is 6.00. The smallest absolute Gasteiger partial charge is 0.141 e. The van der Waals surface area contributed by atoms with E-state index in [2.05, 4.69) is 75.3 Å². The second-order valence-corrected chi connectivity index (χ2v) is 10.3. The Bertz CT molecular complexity index is 955. The van der Waals surface area contributed by atoms with Gasteiger partial charge in [0, 0.05) is 31.4 Å². The molecule has 1 aromatic heterocycles. The number of aromatic nitrogens is 2. The van der Waals surface area contributed by atoms with E-state index in [0.717, 1.165) is 23.3 Å². The van der Waals surface area contributed by atoms with Gasteiger partial charge in [-0.3, -0.25) is 4.68 Å². The van der Waals surface area contributed by atoms with E-state index in [4.69, 9.17) is 4.74 Å². The molecule has 2 unspecified atom stereocenters. The number of benzene rings is 1. The van der Waals surface area contributed by atoms with Gasteiger partial charge in [0.15, 0.2) is 0 Å². The highest BCUT2D eigenvalue weighted by atomic mass is 16.5. The average Bonchev–Trinajstić information content (AvgIpc) is 2.82. The third kappa shape index (κ3) is 4.16. The van der Waals surface area contributed by atoms with Gasteiger partial charge >= 0.3 is 0 Å². The molecule has 2 heterocycles. The Balaban J connectivity index is 1.39. The van der Waals surface area contributed by atoms with Crippen LogP contribution < -0.4 is 4.90 Å². The topological polar surface area (TPSA) is 30.3 Å². The Morgan fingerprint density at radius 1 is 1.13 bits per heavy atom. The fourth-order valence-electron chi connectivity index (χ4n) is 5.41. The Kier molecular flexibility index (Phi) is 5.72. The lowest BCUT2D eigenvalue weighted by Crippen LogP contribution is -2.50. The molecule has 4 heteroatoms. The normalized spacial score (nSPS) is 23.0. The fraction of sp³-hybridized carbons (Fsp3) is 0.615. The first-order valence-electron chi connectivity index (χ1n) is 11.5. The minimum absolute atomic E-state index is 0.175. The number of fused-ring (bicyclic) bond motifs is 1. The highest BCUT2D eigenvalue weighted by molar-refractivity contribution is 5.93. The van der Waals surface area contributed by atoms with Gasteiger partial charge in [0.1, 0.15) is 11.4 Å². The van der Waals surface area contributed by atoms with Gasteiger partial charge in [-0.05, 0) is 64.9 Å². The maximum Gasteiger partial charge on any atom is 0.141 e. The first kappa shape index (κ1) is 21.1. The van der Waals surface area contributed by atoms with Crippen molar-refractivity contribution in [3.05, 3.63) is 42.0 Å². The van der Waals surface area contributed by atoms with E-state index in [0.29, 0.717) is 5.92 Å². The lowest BCUT2D eigenvalue weighted by molar-refractivity contribution is 0.0320. The number of rotatable bonds is 4. The summed E-state index contributed by atoms with van der Waals surface area (Å²) in [5, 5.41) is 5.91. The van der Waals surface area contributed by atoms with Crippen molar-refractivity contribution in [2.45, 2.75) is 65.4 Å². The van der Waals surface area contributed by atoms with Crippen LogP contribution in [-0.4, -0.2) is 28.5 Å². The molecular formula is C26H37N3O. The summed E-state index contributed by atoms with van der Waals surface area (Å²) < 4.78 is 8.22. The molecule has 30 heavy (non-hydrogen) atoms. The quantitative estimate of drug-likeness (QED) is 0.354. The summed E-state index contributed by atoms with van der Waals surface area (Å²) in [4.78, 5) is 2.55. The summed E-state index contributed by atoms with van der Waals surface area (Å²) in [6.45, 7) is 14.7. The zero-order valence-electron chi connectivity index (χ0n) is 19.4. The summed E-state index contributed by atoms with van der Waals surface area (Å²) in [6.07, 6.45) is 6.31. The molecule has 4 nitrogen and oxygen atoms in total. The Morgan fingerprint density at radius 3 is 2.60 bits per heavy atom. The summed E-state index contributed by atoms with van der Waals surface area (Å²) in [5.74, 6) is 3.08. The molecule has 0 spiro atoms. The van der Waals surface area contributed by atoms with Gasteiger partial charge < -0.3 is 9.64 Å². The van der Waals surface area contributed by atoms with E-state index in [1.807, 2.05) is 4.68 Å². The van der Waals surface area contributed by atoms with E-state index >= 15 is 0 Å². The van der Waals surface area contributed by atoms with Crippen molar-refractivity contribution in [1.82, 2.24) is 9.78 Å². The zero-order chi connectivity index (χ0) is 21.5. The van der Waals surface area contributed by atoms with Crippen LogP contribution in [0.25, 0.3) is 10.9 Å². The lowest BCUT2D eigenvalue weighted by atomic mass is 9.80. The number of aryl methyl sites for hydroxylation is 2. The van der Waals surface area contributed by atoms with E-state index in [1.165, 1.54) is 61.8 Å². The third-order valence-electron chi connectivity index (χ3n) is 6.92. The fourth-order valence-corrected chi connectivity index (χ4v) is 5.41. The van der Waals surface area contributed by atoms with Crippen LogP contribution in [0.1, 0.15) is 58.6 Å². The van der Waals surface area contributed by atoms with Crippen LogP contribution in [0.5, 0.6) is 0 Å². The van der Waals surface area contributed by atoms with Gasteiger partial charge in [-0.1, -0.05) is 37.3 Å². The molecule has 1 saturated heterocycles. The standard InChI is InChI=1S/C26H37N3O/c1-7-24(30-26(3,4)5)20-11-8-10-19(14-15-20)21-16-29(17-21)23-13-9-12-22-18(2)27-28(6)25(22)23/h9,12-13,19-21H,1,8,10-11,14-17H2,2-6H3. The van der Waals surface area contributed by atoms with Crippen molar-refractivity contribution >= 4 is 16.6 Å². The van der Waals surface area contributed by atoms with E-state index < -0.39 is 0 Å². The third-order valence-corrected chi connectivity index (χ3v) is 6.92. The van der Waals surface area contributed by atoms with Crippen LogP contribution in [0.3, 0.4) is 0 Å². The van der Waals surface area contributed by atoms with Gasteiger partial charge in [-0.15, -0.1) is 0 Å². The molecule has 0 N–H and O–H groups in total. The van der Waals surface area contributed by atoms with Gasteiger partial charge in [0.05, 0.1) is 16.9 Å². The van der Waals surface area contributed by atoms with Crippen LogP contribution in [-0.2, 0) is 11.8 Å². The number of ether oxygens (including phenoxy) is 1. The number of anilines is 1. The molecule has 1 aromatic carbocycles. The van der Waals surface area contributed by atoms with Crippen LogP contribution in [0.4, 0.5) is 5.69 Å². The summed E-state index contributed by atoms with van der Waals surface area (Å²) in [6, 6.07) is 6.62. The van der Waals surface area contributed by atoms with E-state index in [1.54, 1.807) is 0 Å². The molecule has 2 aliphatic rings. The van der Waals surface area contributed by atoms with Crippen molar-refractivity contribution in [2.75, 3.05) is 18.0 Å². The van der Waals surface area contributed by atoms with Crippen molar-refractivity contribution < 1.29 is 4.74 Å². The molecule has 0 amide bonds. The van der Waals surface area contributed by atoms with Crippen molar-refractivity contribution in [3.63, 3.8) is 0 Å². The molecule has 1 aliphatic carbocycles. The maximum absolute atomic E-state index is 6.17. The zero-order valence-corrected chi connectivity index (χ0v) is 19.4. The number of allylic oxidation sites excluding steroid dienone is 1. The van der Waals surface area contributed by atoms with E-state index in [-0.39, 0.29) is 5.60 Å². The first-order valence-corrected chi connectivity index (χ1v) is 11.5. The number of hydrogen-bond acceptors (Lipinski definition) is 3. The van der Waals surface area contributed by atoms with Crippen molar-refractivity contribution in [1.29, 1.82) is 0 Å². The van der Waals surface area contributed by atoms with Gasteiger partial charge in [-0.2, -0.15) is 5.10 Å². The van der Waals surface area contributed by atoms with Gasteiger partial charge in [0.25, 0.3) is 0 Å². The second-order valence-electron chi connectivity index (χ2n) is 10.3. The van der Waals surface area contributed by atoms with Crippen LogP contribution in [0, 0.1) is 24.7 Å². The van der Waals surface area contributed by atoms with Gasteiger partial charge in [-0.25, -0.2) is 0 Å². The molecular weight excluding hydrogens is 370 g/mol.